The Kier molecular flexibility index (Phi) is 8.23. The minimum absolute atomic E-state index is 0.00729. The van der Waals surface area contributed by atoms with Crippen molar-refractivity contribution in [1.82, 2.24) is 0 Å². The number of hydrogen-bond acceptors (Lipinski definition) is 3. The maximum atomic E-state index is 13.4. The Labute approximate surface area is 159 Å². The van der Waals surface area contributed by atoms with E-state index in [2.05, 4.69) is 34.6 Å². The molecule has 25 heavy (non-hydrogen) atoms. The molecule has 4 atom stereocenters. The first-order chi connectivity index (χ1) is 11.2. The van der Waals surface area contributed by atoms with E-state index in [-0.39, 0.29) is 34.2 Å². The summed E-state index contributed by atoms with van der Waals surface area (Å²) >= 11 is 5.92. The summed E-state index contributed by atoms with van der Waals surface area (Å²) < 4.78 is 43.2. The number of alkyl halides is 2. The third-order valence-electron chi connectivity index (χ3n) is 5.63. The fourth-order valence-electron chi connectivity index (χ4n) is 2.99. The Morgan fingerprint density at radius 2 is 1.76 bits per heavy atom. The molecule has 1 heterocycles. The standard InChI is InChI=1S/C19H36ClFO3S/c1-14(18(2,3)4)13-25(22,23)10-9-19(5,6)8-7-15-11-16(20)24-17(21)12-15/h14-17H,7-13H2,1-6H3. The van der Waals surface area contributed by atoms with E-state index in [1.165, 1.54) is 0 Å². The van der Waals surface area contributed by atoms with Crippen molar-refractivity contribution in [1.29, 1.82) is 0 Å². The van der Waals surface area contributed by atoms with Crippen LogP contribution in [0, 0.1) is 22.7 Å². The average molecular weight is 399 g/mol. The molecule has 4 unspecified atom stereocenters. The predicted octanol–water partition coefficient (Wildman–Crippen LogP) is 5.57. The molecule has 1 saturated heterocycles. The summed E-state index contributed by atoms with van der Waals surface area (Å²) in [6.07, 6.45) is 2.15. The average Bonchev–Trinajstić information content (AvgIpc) is 2.41. The molecular formula is C19H36ClFO3S. The van der Waals surface area contributed by atoms with Crippen LogP contribution in [-0.2, 0) is 14.6 Å². The molecule has 150 valence electrons. The van der Waals surface area contributed by atoms with Crippen LogP contribution in [-0.4, -0.2) is 31.8 Å². The molecule has 0 aromatic heterocycles. The van der Waals surface area contributed by atoms with E-state index in [4.69, 9.17) is 16.3 Å². The molecule has 0 saturated carbocycles. The van der Waals surface area contributed by atoms with E-state index in [0.29, 0.717) is 19.3 Å². The first-order valence-corrected chi connectivity index (χ1v) is 11.6. The van der Waals surface area contributed by atoms with E-state index >= 15 is 0 Å². The highest BCUT2D eigenvalue weighted by Gasteiger charge is 2.31. The van der Waals surface area contributed by atoms with Crippen LogP contribution in [0.1, 0.15) is 73.6 Å². The minimum atomic E-state index is -3.06. The smallest absolute Gasteiger partial charge is 0.200 e. The summed E-state index contributed by atoms with van der Waals surface area (Å²) in [6.45, 7) is 12.4. The fraction of sp³-hybridized carbons (Fsp3) is 1.00. The molecule has 1 rings (SSSR count). The quantitative estimate of drug-likeness (QED) is 0.502. The molecule has 0 aromatic rings. The van der Waals surface area contributed by atoms with Crippen molar-refractivity contribution in [3.05, 3.63) is 0 Å². The van der Waals surface area contributed by atoms with Gasteiger partial charge in [0.25, 0.3) is 0 Å². The molecule has 0 amide bonds. The zero-order chi connectivity index (χ0) is 19.5. The van der Waals surface area contributed by atoms with Gasteiger partial charge in [-0.2, -0.15) is 0 Å². The number of sulfone groups is 1. The van der Waals surface area contributed by atoms with Crippen LogP contribution in [0.5, 0.6) is 0 Å². The second kappa shape index (κ2) is 8.88. The van der Waals surface area contributed by atoms with Crippen LogP contribution >= 0.6 is 11.6 Å². The van der Waals surface area contributed by atoms with Crippen LogP contribution in [0.3, 0.4) is 0 Å². The lowest BCUT2D eigenvalue weighted by molar-refractivity contribution is -0.106. The summed E-state index contributed by atoms with van der Waals surface area (Å²) in [5, 5.41) is 0. The Morgan fingerprint density at radius 1 is 1.16 bits per heavy atom. The SMILES string of the molecule is CC(CS(=O)(=O)CCC(C)(C)CCC1CC(F)OC(Cl)C1)C(C)(C)C. The monoisotopic (exact) mass is 398 g/mol. The van der Waals surface area contributed by atoms with Gasteiger partial charge in [-0.15, -0.1) is 0 Å². The molecule has 1 aliphatic heterocycles. The molecule has 1 fully saturated rings. The second-order valence-electron chi connectivity index (χ2n) is 9.63. The maximum Gasteiger partial charge on any atom is 0.200 e. The number of hydrogen-bond donors (Lipinski definition) is 0. The zero-order valence-electron chi connectivity index (χ0n) is 16.6. The molecule has 0 N–H and O–H groups in total. The van der Waals surface area contributed by atoms with Crippen LogP contribution in [0.25, 0.3) is 0 Å². The van der Waals surface area contributed by atoms with Gasteiger partial charge in [-0.3, -0.25) is 0 Å². The third kappa shape index (κ3) is 9.05. The van der Waals surface area contributed by atoms with Crippen molar-refractivity contribution in [3.63, 3.8) is 0 Å². The summed E-state index contributed by atoms with van der Waals surface area (Å²) in [5.41, 5.74) is -0.632. The number of halogens is 2. The Hall–Kier alpha value is 0.130. The van der Waals surface area contributed by atoms with Gasteiger partial charge < -0.3 is 4.74 Å². The topological polar surface area (TPSA) is 43.4 Å². The molecule has 6 heteroatoms. The lowest BCUT2D eigenvalue weighted by atomic mass is 9.81. The zero-order valence-corrected chi connectivity index (χ0v) is 18.2. The van der Waals surface area contributed by atoms with Crippen molar-refractivity contribution in [2.75, 3.05) is 11.5 Å². The third-order valence-corrected chi connectivity index (χ3v) is 7.75. The molecule has 0 radical (unpaired) electrons. The van der Waals surface area contributed by atoms with Gasteiger partial charge in [-0.1, -0.05) is 53.1 Å². The van der Waals surface area contributed by atoms with Crippen LogP contribution < -0.4 is 0 Å². The van der Waals surface area contributed by atoms with Gasteiger partial charge in [-0.25, -0.2) is 12.8 Å². The Morgan fingerprint density at radius 3 is 2.28 bits per heavy atom. The highest BCUT2D eigenvalue weighted by molar-refractivity contribution is 7.91. The molecule has 1 aliphatic rings. The molecule has 3 nitrogen and oxygen atoms in total. The number of ether oxygens (including phenoxy) is 1. The number of rotatable bonds is 8. The van der Waals surface area contributed by atoms with Crippen molar-refractivity contribution < 1.29 is 17.5 Å². The highest BCUT2D eigenvalue weighted by Crippen LogP contribution is 2.36. The van der Waals surface area contributed by atoms with E-state index < -0.39 is 21.8 Å². The Bertz CT molecular complexity index is 503. The van der Waals surface area contributed by atoms with Gasteiger partial charge >= 0.3 is 0 Å². The highest BCUT2D eigenvalue weighted by atomic mass is 35.5. The normalized spacial score (nSPS) is 27.3. The first kappa shape index (κ1) is 23.2. The van der Waals surface area contributed by atoms with Crippen LogP contribution in [0.15, 0.2) is 0 Å². The fourth-order valence-corrected chi connectivity index (χ4v) is 5.65. The van der Waals surface area contributed by atoms with Gasteiger partial charge in [0.15, 0.2) is 9.84 Å². The van der Waals surface area contributed by atoms with Crippen LogP contribution in [0.4, 0.5) is 4.39 Å². The largest absolute Gasteiger partial charge is 0.329 e. The molecule has 0 aliphatic carbocycles. The van der Waals surface area contributed by atoms with E-state index in [0.717, 1.165) is 12.8 Å². The van der Waals surface area contributed by atoms with Crippen molar-refractivity contribution in [3.8, 4) is 0 Å². The summed E-state index contributed by atoms with van der Waals surface area (Å²) in [5.74, 6) is 0.801. The molecule has 0 bridgehead atoms. The summed E-state index contributed by atoms with van der Waals surface area (Å²) in [4.78, 5) is 0. The molecule has 0 spiro atoms. The van der Waals surface area contributed by atoms with Crippen molar-refractivity contribution in [2.24, 2.45) is 22.7 Å². The Balaban J connectivity index is 2.46. The lowest BCUT2D eigenvalue weighted by Gasteiger charge is -2.32. The molecule has 0 aromatic carbocycles. The van der Waals surface area contributed by atoms with Gasteiger partial charge in [0, 0.05) is 6.42 Å². The first-order valence-electron chi connectivity index (χ1n) is 9.34. The van der Waals surface area contributed by atoms with E-state index in [1.54, 1.807) is 0 Å². The lowest BCUT2D eigenvalue weighted by Crippen LogP contribution is -2.29. The maximum absolute atomic E-state index is 13.4. The minimum Gasteiger partial charge on any atom is -0.329 e. The van der Waals surface area contributed by atoms with Crippen molar-refractivity contribution in [2.45, 2.75) is 85.6 Å². The van der Waals surface area contributed by atoms with E-state index in [1.807, 2.05) is 6.92 Å². The summed E-state index contributed by atoms with van der Waals surface area (Å²) in [6, 6.07) is 0. The summed E-state index contributed by atoms with van der Waals surface area (Å²) in [7, 11) is -3.06. The van der Waals surface area contributed by atoms with Gasteiger partial charge in [0.1, 0.15) is 5.56 Å². The van der Waals surface area contributed by atoms with Crippen molar-refractivity contribution >= 4 is 21.4 Å². The van der Waals surface area contributed by atoms with E-state index in [9.17, 15) is 12.8 Å². The van der Waals surface area contributed by atoms with Gasteiger partial charge in [-0.05, 0) is 48.3 Å². The molecular weight excluding hydrogens is 363 g/mol. The van der Waals surface area contributed by atoms with Gasteiger partial charge in [0.2, 0.25) is 6.36 Å². The predicted molar refractivity (Wildman–Crippen MR) is 103 cm³/mol. The van der Waals surface area contributed by atoms with Crippen LogP contribution in [0.2, 0.25) is 0 Å². The van der Waals surface area contributed by atoms with Gasteiger partial charge in [0.05, 0.1) is 11.5 Å². The second-order valence-corrected chi connectivity index (χ2v) is 12.3.